The third-order valence-electron chi connectivity index (χ3n) is 3.41. The zero-order chi connectivity index (χ0) is 12.3. The van der Waals surface area contributed by atoms with Crippen LogP contribution in [0.3, 0.4) is 0 Å². The number of amidine groups is 1. The van der Waals surface area contributed by atoms with Crippen molar-refractivity contribution in [2.45, 2.75) is 39.2 Å². The molecule has 1 heterocycles. The molecule has 1 N–H and O–H groups in total. The fourth-order valence-corrected chi connectivity index (χ4v) is 2.44. The van der Waals surface area contributed by atoms with Crippen molar-refractivity contribution in [2.24, 2.45) is 0 Å². The zero-order valence-electron chi connectivity index (χ0n) is 10.6. The van der Waals surface area contributed by atoms with Gasteiger partial charge < -0.3 is 4.90 Å². The predicted molar refractivity (Wildman–Crippen MR) is 73.9 cm³/mol. The van der Waals surface area contributed by atoms with Crippen molar-refractivity contribution in [3.05, 3.63) is 42.0 Å². The Kier molecular flexibility index (Phi) is 3.62. The molecule has 1 aromatic rings. The Balaban J connectivity index is 2.42. The molecule has 1 aliphatic heterocycles. The smallest absolute Gasteiger partial charge is 0.125 e. The number of rotatable bonds is 3. The third kappa shape index (κ3) is 2.26. The molecule has 1 aromatic carbocycles. The lowest BCUT2D eigenvalue weighted by atomic mass is 10.0. The van der Waals surface area contributed by atoms with Crippen LogP contribution in [-0.2, 0) is 6.42 Å². The molecule has 1 aliphatic rings. The van der Waals surface area contributed by atoms with Gasteiger partial charge in [-0.25, -0.2) is 0 Å². The molecule has 1 unspecified atom stereocenters. The van der Waals surface area contributed by atoms with E-state index >= 15 is 0 Å². The zero-order valence-corrected chi connectivity index (χ0v) is 10.6. The van der Waals surface area contributed by atoms with Gasteiger partial charge in [-0.1, -0.05) is 38.1 Å². The van der Waals surface area contributed by atoms with Gasteiger partial charge in [-0.05, 0) is 37.0 Å². The number of nitrogens with zero attached hydrogens (tertiary/aromatic N) is 1. The number of hydrogen-bond acceptors (Lipinski definition) is 1. The Morgan fingerprint density at radius 2 is 2.06 bits per heavy atom. The van der Waals surface area contributed by atoms with Crippen molar-refractivity contribution in [3.63, 3.8) is 0 Å². The first-order valence-electron chi connectivity index (χ1n) is 6.40. The van der Waals surface area contributed by atoms with E-state index in [0.29, 0.717) is 11.9 Å². The largest absolute Gasteiger partial charge is 0.323 e. The molecule has 2 heteroatoms. The van der Waals surface area contributed by atoms with Gasteiger partial charge in [-0.3, -0.25) is 5.41 Å². The summed E-state index contributed by atoms with van der Waals surface area (Å²) in [6.45, 7) is 4.36. The lowest BCUT2D eigenvalue weighted by molar-refractivity contribution is 0.639. The second kappa shape index (κ2) is 5.17. The fraction of sp³-hybridized carbons (Fsp3) is 0.400. The van der Waals surface area contributed by atoms with Crippen LogP contribution < -0.4 is 4.90 Å². The Labute approximate surface area is 103 Å². The topological polar surface area (TPSA) is 27.1 Å². The first kappa shape index (κ1) is 11.9. The Bertz CT molecular complexity index is 434. The van der Waals surface area contributed by atoms with Crippen LogP contribution in [0.2, 0.25) is 0 Å². The van der Waals surface area contributed by atoms with Crippen molar-refractivity contribution in [3.8, 4) is 0 Å². The second-order valence-electron chi connectivity index (χ2n) is 4.44. The van der Waals surface area contributed by atoms with E-state index in [0.717, 1.165) is 19.3 Å². The van der Waals surface area contributed by atoms with Gasteiger partial charge in [-0.2, -0.15) is 0 Å². The van der Waals surface area contributed by atoms with Crippen LogP contribution in [-0.4, -0.2) is 11.9 Å². The molecule has 0 radical (unpaired) electrons. The van der Waals surface area contributed by atoms with E-state index in [1.807, 2.05) is 6.08 Å². The first-order valence-corrected chi connectivity index (χ1v) is 6.40. The van der Waals surface area contributed by atoms with Crippen LogP contribution in [0.5, 0.6) is 0 Å². The lowest BCUT2D eigenvalue weighted by Crippen LogP contribution is -2.41. The highest BCUT2D eigenvalue weighted by atomic mass is 15.2. The van der Waals surface area contributed by atoms with Gasteiger partial charge in [0.05, 0.1) is 0 Å². The van der Waals surface area contributed by atoms with E-state index in [9.17, 15) is 0 Å². The van der Waals surface area contributed by atoms with Crippen LogP contribution in [0, 0.1) is 5.41 Å². The molecule has 2 nitrogen and oxygen atoms in total. The number of aryl methyl sites for hydroxylation is 1. The Morgan fingerprint density at radius 3 is 2.76 bits per heavy atom. The number of hydrogen-bond donors (Lipinski definition) is 1. The van der Waals surface area contributed by atoms with E-state index < -0.39 is 0 Å². The van der Waals surface area contributed by atoms with Gasteiger partial charge in [0.2, 0.25) is 0 Å². The standard InChI is InChI=1S/C15H20N2/c1-3-12-8-5-6-10-14(12)17-13(4-2)9-7-11-15(17)16/h5-8,10-11,13,16H,3-4,9H2,1-2H3. The summed E-state index contributed by atoms with van der Waals surface area (Å²) in [5.74, 6) is 0.615. The number of nitrogens with one attached hydrogen (secondary N) is 1. The molecular weight excluding hydrogens is 208 g/mol. The minimum Gasteiger partial charge on any atom is -0.323 e. The SMILES string of the molecule is CCc1ccccc1N1C(=N)C=CCC1CC. The highest BCUT2D eigenvalue weighted by molar-refractivity contribution is 6.05. The Morgan fingerprint density at radius 1 is 1.29 bits per heavy atom. The van der Waals surface area contributed by atoms with Crippen LogP contribution in [0.25, 0.3) is 0 Å². The molecule has 0 saturated carbocycles. The molecule has 0 saturated heterocycles. The summed E-state index contributed by atoms with van der Waals surface area (Å²) in [5.41, 5.74) is 2.53. The minimum absolute atomic E-state index is 0.431. The highest BCUT2D eigenvalue weighted by Gasteiger charge is 2.23. The molecule has 1 atom stereocenters. The third-order valence-corrected chi connectivity index (χ3v) is 3.41. The Hall–Kier alpha value is -1.57. The van der Waals surface area contributed by atoms with E-state index in [4.69, 9.17) is 5.41 Å². The lowest BCUT2D eigenvalue weighted by Gasteiger charge is -2.35. The summed E-state index contributed by atoms with van der Waals surface area (Å²) in [6.07, 6.45) is 7.15. The van der Waals surface area contributed by atoms with Gasteiger partial charge in [0.15, 0.2) is 0 Å². The fourth-order valence-electron chi connectivity index (χ4n) is 2.44. The quantitative estimate of drug-likeness (QED) is 0.837. The summed E-state index contributed by atoms with van der Waals surface area (Å²) < 4.78 is 0. The van der Waals surface area contributed by atoms with Crippen molar-refractivity contribution >= 4 is 11.5 Å². The second-order valence-corrected chi connectivity index (χ2v) is 4.44. The summed E-state index contributed by atoms with van der Waals surface area (Å²) in [5, 5.41) is 8.13. The summed E-state index contributed by atoms with van der Waals surface area (Å²) in [6, 6.07) is 8.86. The molecule has 0 bridgehead atoms. The van der Waals surface area contributed by atoms with Gasteiger partial charge in [-0.15, -0.1) is 0 Å². The molecular formula is C15H20N2. The molecule has 0 aromatic heterocycles. The first-order chi connectivity index (χ1) is 8.27. The molecule has 90 valence electrons. The van der Waals surface area contributed by atoms with Crippen LogP contribution in [0.4, 0.5) is 5.69 Å². The maximum absolute atomic E-state index is 8.13. The van der Waals surface area contributed by atoms with Crippen molar-refractivity contribution in [2.75, 3.05) is 4.90 Å². The highest BCUT2D eigenvalue weighted by Crippen LogP contribution is 2.28. The van der Waals surface area contributed by atoms with Crippen LogP contribution in [0.1, 0.15) is 32.3 Å². The normalized spacial score (nSPS) is 19.8. The summed E-state index contributed by atoms with van der Waals surface area (Å²) in [7, 11) is 0. The summed E-state index contributed by atoms with van der Waals surface area (Å²) >= 11 is 0. The molecule has 0 amide bonds. The van der Waals surface area contributed by atoms with Crippen molar-refractivity contribution < 1.29 is 0 Å². The van der Waals surface area contributed by atoms with Crippen LogP contribution >= 0.6 is 0 Å². The van der Waals surface area contributed by atoms with Gasteiger partial charge in [0, 0.05) is 11.7 Å². The van der Waals surface area contributed by atoms with Crippen molar-refractivity contribution in [1.82, 2.24) is 0 Å². The van der Waals surface area contributed by atoms with E-state index in [1.54, 1.807) is 0 Å². The minimum atomic E-state index is 0.431. The molecule has 0 aliphatic carbocycles. The van der Waals surface area contributed by atoms with E-state index in [1.165, 1.54) is 11.3 Å². The molecule has 0 spiro atoms. The molecule has 17 heavy (non-hydrogen) atoms. The van der Waals surface area contributed by atoms with E-state index in [2.05, 4.69) is 49.1 Å². The maximum atomic E-state index is 8.13. The monoisotopic (exact) mass is 228 g/mol. The average molecular weight is 228 g/mol. The van der Waals surface area contributed by atoms with Gasteiger partial charge in [0.25, 0.3) is 0 Å². The van der Waals surface area contributed by atoms with E-state index in [-0.39, 0.29) is 0 Å². The van der Waals surface area contributed by atoms with Crippen molar-refractivity contribution in [1.29, 1.82) is 5.41 Å². The van der Waals surface area contributed by atoms with Crippen LogP contribution in [0.15, 0.2) is 36.4 Å². The predicted octanol–water partition coefficient (Wildman–Crippen LogP) is 3.77. The number of benzene rings is 1. The average Bonchev–Trinajstić information content (AvgIpc) is 2.38. The van der Waals surface area contributed by atoms with Gasteiger partial charge in [0.1, 0.15) is 5.84 Å². The van der Waals surface area contributed by atoms with Gasteiger partial charge >= 0.3 is 0 Å². The maximum Gasteiger partial charge on any atom is 0.125 e. The number of anilines is 1. The number of para-hydroxylation sites is 1. The molecule has 2 rings (SSSR count). The summed E-state index contributed by atoms with van der Waals surface area (Å²) in [4.78, 5) is 2.18. The molecule has 0 fully saturated rings.